The van der Waals surface area contributed by atoms with Crippen molar-refractivity contribution in [1.82, 2.24) is 4.72 Å². The Morgan fingerprint density at radius 3 is 1.93 bits per heavy atom. The van der Waals surface area contributed by atoms with Crippen molar-refractivity contribution >= 4 is 22.6 Å². The van der Waals surface area contributed by atoms with Crippen molar-refractivity contribution in [3.8, 4) is 0 Å². The molecule has 8 heteroatoms. The van der Waals surface area contributed by atoms with Crippen LogP contribution < -0.4 is 4.72 Å². The Morgan fingerprint density at radius 1 is 1.00 bits per heavy atom. The summed E-state index contributed by atoms with van der Waals surface area (Å²) in [5, 5.41) is 11.3. The summed E-state index contributed by atoms with van der Waals surface area (Å²) in [6, 6.07) is 9.36. The predicted molar refractivity (Wildman–Crippen MR) is 106 cm³/mol. The van der Waals surface area contributed by atoms with E-state index >= 15 is 0 Å². The topological polar surface area (TPSA) is 49.3 Å². The van der Waals surface area contributed by atoms with Crippen LogP contribution in [-0.2, 0) is 16.6 Å². The molecule has 28 heavy (non-hydrogen) atoms. The van der Waals surface area contributed by atoms with Gasteiger partial charge in [0, 0.05) is 5.02 Å². The number of benzene rings is 2. The van der Waals surface area contributed by atoms with Gasteiger partial charge in [0.1, 0.15) is 0 Å². The molecule has 0 saturated carbocycles. The van der Waals surface area contributed by atoms with Gasteiger partial charge in [0.2, 0.25) is 5.60 Å². The Balaban J connectivity index is 2.69. The van der Waals surface area contributed by atoms with E-state index < -0.39 is 39.1 Å². The van der Waals surface area contributed by atoms with Gasteiger partial charge in [0.05, 0.1) is 21.8 Å². The van der Waals surface area contributed by atoms with Crippen LogP contribution in [0.2, 0.25) is 5.02 Å². The third-order valence-electron chi connectivity index (χ3n) is 4.33. The molecule has 0 bridgehead atoms. The van der Waals surface area contributed by atoms with E-state index in [0.29, 0.717) is 0 Å². The summed E-state index contributed by atoms with van der Waals surface area (Å²) in [7, 11) is -1.87. The van der Waals surface area contributed by atoms with Crippen molar-refractivity contribution < 1.29 is 22.5 Å². The first-order valence-corrected chi connectivity index (χ1v) is 10.1. The number of aryl methyl sites for hydroxylation is 1. The molecule has 0 spiro atoms. The molecule has 0 unspecified atom stereocenters. The van der Waals surface area contributed by atoms with Crippen LogP contribution in [0, 0.1) is 6.92 Å². The van der Waals surface area contributed by atoms with Crippen LogP contribution in [0.1, 0.15) is 43.5 Å². The molecule has 0 heterocycles. The smallest absolute Gasteiger partial charge is 0.375 e. The molecule has 0 fully saturated rings. The average Bonchev–Trinajstić information content (AvgIpc) is 2.58. The number of hydrogen-bond acceptors (Lipinski definition) is 2. The lowest BCUT2D eigenvalue weighted by atomic mass is 9.82. The molecule has 3 atom stereocenters. The van der Waals surface area contributed by atoms with E-state index in [4.69, 9.17) is 11.6 Å². The first-order chi connectivity index (χ1) is 12.8. The molecule has 0 aliphatic rings. The molecule has 0 amide bonds. The first-order valence-electron chi connectivity index (χ1n) is 8.56. The third kappa shape index (κ3) is 4.76. The molecule has 0 aliphatic carbocycles. The van der Waals surface area contributed by atoms with Crippen LogP contribution >= 0.6 is 11.6 Å². The van der Waals surface area contributed by atoms with Gasteiger partial charge in [-0.15, -0.1) is 0 Å². The molecule has 0 saturated heterocycles. The summed E-state index contributed by atoms with van der Waals surface area (Å²) in [5.74, 6) is 0. The fourth-order valence-electron chi connectivity index (χ4n) is 2.64. The summed E-state index contributed by atoms with van der Waals surface area (Å²) in [6.07, 6.45) is -5.05. The molecule has 0 radical (unpaired) electrons. The van der Waals surface area contributed by atoms with E-state index in [1.165, 1.54) is 24.3 Å². The molecule has 154 valence electrons. The maximum atomic E-state index is 14.2. The molecule has 2 aromatic carbocycles. The van der Waals surface area contributed by atoms with Gasteiger partial charge in [-0.1, -0.05) is 53.6 Å². The van der Waals surface area contributed by atoms with E-state index in [-0.39, 0.29) is 10.6 Å². The second-order valence-corrected chi connectivity index (χ2v) is 10.0. The number of nitrogens with one attached hydrogen (secondary N) is 1. The van der Waals surface area contributed by atoms with Gasteiger partial charge < -0.3 is 5.11 Å². The normalized spacial score (nSPS) is 17.0. The van der Waals surface area contributed by atoms with Crippen molar-refractivity contribution in [1.29, 1.82) is 0 Å². The second-order valence-electron chi connectivity index (χ2n) is 7.61. The maximum absolute atomic E-state index is 14.2. The van der Waals surface area contributed by atoms with E-state index in [2.05, 4.69) is 4.72 Å². The Labute approximate surface area is 170 Å². The minimum atomic E-state index is -5.05. The van der Waals surface area contributed by atoms with Gasteiger partial charge in [-0.3, -0.25) is 0 Å². The van der Waals surface area contributed by atoms with Gasteiger partial charge in [0.25, 0.3) is 0 Å². The van der Waals surface area contributed by atoms with Gasteiger partial charge in [-0.25, -0.2) is 8.93 Å². The zero-order valence-corrected chi connectivity index (χ0v) is 17.5. The van der Waals surface area contributed by atoms with Crippen LogP contribution in [-0.4, -0.2) is 20.2 Å². The second kappa shape index (κ2) is 8.14. The van der Waals surface area contributed by atoms with Crippen molar-refractivity contribution in [2.24, 2.45) is 0 Å². The summed E-state index contributed by atoms with van der Waals surface area (Å²) in [6.45, 7) is 6.71. The van der Waals surface area contributed by atoms with Gasteiger partial charge in [-0.2, -0.15) is 13.2 Å². The molecule has 0 aliphatic heterocycles. The number of rotatable bonds is 5. The standard InChI is InChI=1S/C20H23ClF3NO2S/c1-13-5-7-14(8-6-13)17(25-28(27)18(2,3)4)19(26,20(22,23)24)15-9-11-16(21)12-10-15/h5-12,17,25-26H,1-4H3/t17-,19+,28+/m0/s1. The van der Waals surface area contributed by atoms with Crippen LogP contribution in [0.3, 0.4) is 0 Å². The number of aliphatic hydroxyl groups is 1. The summed E-state index contributed by atoms with van der Waals surface area (Å²) in [4.78, 5) is 0. The molecule has 3 nitrogen and oxygen atoms in total. The number of alkyl halides is 3. The summed E-state index contributed by atoms with van der Waals surface area (Å²) < 4.78 is 57.1. The summed E-state index contributed by atoms with van der Waals surface area (Å²) >= 11 is 5.81. The largest absolute Gasteiger partial charge is 0.423 e. The third-order valence-corrected chi connectivity index (χ3v) is 6.14. The van der Waals surface area contributed by atoms with Crippen LogP contribution in [0.15, 0.2) is 48.5 Å². The van der Waals surface area contributed by atoms with Crippen LogP contribution in [0.25, 0.3) is 0 Å². The van der Waals surface area contributed by atoms with Crippen LogP contribution in [0.4, 0.5) is 13.2 Å². The zero-order chi connectivity index (χ0) is 21.3. The first kappa shape index (κ1) is 22.9. The minimum absolute atomic E-state index is 0.165. The molecule has 2 aromatic rings. The Morgan fingerprint density at radius 2 is 1.50 bits per heavy atom. The Kier molecular flexibility index (Phi) is 6.65. The average molecular weight is 434 g/mol. The Bertz CT molecular complexity index is 833. The molecular formula is C20H23ClF3NO2S. The zero-order valence-electron chi connectivity index (χ0n) is 16.0. The molecule has 2 N–H and O–H groups in total. The lowest BCUT2D eigenvalue weighted by molar-refractivity contribution is -0.277. The monoisotopic (exact) mass is 433 g/mol. The van der Waals surface area contributed by atoms with E-state index in [9.17, 15) is 22.5 Å². The van der Waals surface area contributed by atoms with Crippen molar-refractivity contribution in [2.75, 3.05) is 0 Å². The fraction of sp³-hybridized carbons (Fsp3) is 0.400. The van der Waals surface area contributed by atoms with Crippen molar-refractivity contribution in [3.05, 3.63) is 70.2 Å². The van der Waals surface area contributed by atoms with Gasteiger partial charge in [0.15, 0.2) is 0 Å². The molecule has 0 aromatic heterocycles. The fourth-order valence-corrected chi connectivity index (χ4v) is 3.64. The molecular weight excluding hydrogens is 411 g/mol. The predicted octanol–water partition coefficient (Wildman–Crippen LogP) is 5.19. The highest BCUT2D eigenvalue weighted by Gasteiger charge is 2.60. The highest BCUT2D eigenvalue weighted by atomic mass is 35.5. The van der Waals surface area contributed by atoms with E-state index in [1.807, 2.05) is 0 Å². The highest BCUT2D eigenvalue weighted by Crippen LogP contribution is 2.48. The maximum Gasteiger partial charge on any atom is 0.423 e. The molecule has 2 rings (SSSR count). The lowest BCUT2D eigenvalue weighted by Crippen LogP contribution is -2.53. The van der Waals surface area contributed by atoms with Gasteiger partial charge in [-0.05, 0) is 51.0 Å². The number of hydrogen-bond donors (Lipinski definition) is 2. The number of halogens is 4. The van der Waals surface area contributed by atoms with Crippen LogP contribution in [0.5, 0.6) is 0 Å². The van der Waals surface area contributed by atoms with Crippen molar-refractivity contribution in [2.45, 2.75) is 50.3 Å². The highest BCUT2D eigenvalue weighted by molar-refractivity contribution is 7.84. The van der Waals surface area contributed by atoms with E-state index in [1.54, 1.807) is 39.8 Å². The Hall–Kier alpha value is -1.41. The summed E-state index contributed by atoms with van der Waals surface area (Å²) in [5.41, 5.74) is -2.71. The quantitative estimate of drug-likeness (QED) is 0.681. The van der Waals surface area contributed by atoms with E-state index in [0.717, 1.165) is 17.7 Å². The minimum Gasteiger partial charge on any atom is -0.375 e. The SMILES string of the molecule is Cc1ccc([C@H](N[S@](=O)C(C)(C)C)[C@](O)(c2ccc(Cl)cc2)C(F)(F)F)cc1. The lowest BCUT2D eigenvalue weighted by Gasteiger charge is -2.39. The van der Waals surface area contributed by atoms with Gasteiger partial charge >= 0.3 is 6.18 Å². The van der Waals surface area contributed by atoms with Crippen molar-refractivity contribution in [3.63, 3.8) is 0 Å².